The number of nitrogens with zero attached hydrogens (tertiary/aromatic N) is 1. The van der Waals surface area contributed by atoms with Gasteiger partial charge in [0.05, 0.1) is 31.6 Å². The lowest BCUT2D eigenvalue weighted by Gasteiger charge is -2.15. The second kappa shape index (κ2) is 3.67. The summed E-state index contributed by atoms with van der Waals surface area (Å²) in [6.07, 6.45) is 0.762. The highest BCUT2D eigenvalue weighted by molar-refractivity contribution is 6.08. The fourth-order valence-electron chi connectivity index (χ4n) is 1.81. The smallest absolute Gasteiger partial charge is 0.233 e. The fraction of sp³-hybridized carbons (Fsp3) is 0.778. The average Bonchev–Trinajstić information content (AvgIpc) is 2.91. The molecule has 1 aliphatic carbocycles. The molecule has 2 N–H and O–H groups in total. The van der Waals surface area contributed by atoms with Crippen LogP contribution in [0, 0.1) is 11.8 Å². The van der Waals surface area contributed by atoms with Gasteiger partial charge in [-0.15, -0.1) is 0 Å². The minimum absolute atomic E-state index is 0.00277. The SMILES string of the molecule is NCCOCCN1C(=O)C2CC2C1=O. The van der Waals surface area contributed by atoms with Crippen LogP contribution in [0.2, 0.25) is 0 Å². The predicted octanol–water partition coefficient (Wildman–Crippen LogP) is -1.03. The van der Waals surface area contributed by atoms with Crippen LogP contribution in [-0.4, -0.2) is 43.0 Å². The molecule has 0 spiro atoms. The molecule has 0 aromatic heterocycles. The summed E-state index contributed by atoms with van der Waals surface area (Å²) in [6, 6.07) is 0. The first-order valence-corrected chi connectivity index (χ1v) is 4.88. The number of fused-ring (bicyclic) bond motifs is 1. The number of carbonyl (C=O) groups is 2. The van der Waals surface area contributed by atoms with Crippen LogP contribution in [0.3, 0.4) is 0 Å². The van der Waals surface area contributed by atoms with Crippen molar-refractivity contribution in [1.29, 1.82) is 0 Å². The highest BCUT2D eigenvalue weighted by Gasteiger charge is 2.58. The third-order valence-electron chi connectivity index (χ3n) is 2.68. The molecule has 1 saturated heterocycles. The molecule has 5 nitrogen and oxygen atoms in total. The summed E-state index contributed by atoms with van der Waals surface area (Å²) < 4.78 is 5.12. The number of carbonyl (C=O) groups excluding carboxylic acids is 2. The number of imide groups is 1. The molecule has 0 bridgehead atoms. The number of nitrogens with two attached hydrogens (primary N) is 1. The van der Waals surface area contributed by atoms with Crippen molar-refractivity contribution in [2.45, 2.75) is 6.42 Å². The molecule has 2 aliphatic rings. The summed E-state index contributed by atoms with van der Waals surface area (Å²) in [5, 5.41) is 0. The lowest BCUT2D eigenvalue weighted by atomic mass is 10.4. The van der Waals surface area contributed by atoms with Gasteiger partial charge in [-0.25, -0.2) is 0 Å². The Morgan fingerprint density at radius 1 is 1.29 bits per heavy atom. The Bertz CT molecular complexity index is 247. The molecule has 0 aromatic carbocycles. The van der Waals surface area contributed by atoms with E-state index >= 15 is 0 Å². The zero-order valence-electron chi connectivity index (χ0n) is 7.94. The van der Waals surface area contributed by atoms with Gasteiger partial charge in [0, 0.05) is 6.54 Å². The number of amides is 2. The molecule has 1 saturated carbocycles. The van der Waals surface area contributed by atoms with E-state index in [9.17, 15) is 9.59 Å². The largest absolute Gasteiger partial charge is 0.378 e. The maximum Gasteiger partial charge on any atom is 0.233 e. The van der Waals surface area contributed by atoms with E-state index < -0.39 is 0 Å². The maximum absolute atomic E-state index is 11.4. The van der Waals surface area contributed by atoms with Crippen molar-refractivity contribution in [3.8, 4) is 0 Å². The van der Waals surface area contributed by atoms with E-state index in [0.29, 0.717) is 26.3 Å². The van der Waals surface area contributed by atoms with Crippen LogP contribution in [0.5, 0.6) is 0 Å². The molecule has 78 valence electrons. The fourth-order valence-corrected chi connectivity index (χ4v) is 1.81. The Hall–Kier alpha value is -0.940. The molecule has 14 heavy (non-hydrogen) atoms. The maximum atomic E-state index is 11.4. The molecule has 1 aliphatic heterocycles. The first-order valence-electron chi connectivity index (χ1n) is 4.88. The minimum atomic E-state index is -0.0173. The Morgan fingerprint density at radius 2 is 1.93 bits per heavy atom. The number of ether oxygens (including phenoxy) is 1. The van der Waals surface area contributed by atoms with E-state index in [0.717, 1.165) is 6.42 Å². The van der Waals surface area contributed by atoms with Crippen LogP contribution in [0.1, 0.15) is 6.42 Å². The quantitative estimate of drug-likeness (QED) is 0.452. The molecular weight excluding hydrogens is 184 g/mol. The number of piperidine rings is 1. The summed E-state index contributed by atoms with van der Waals surface area (Å²) in [4.78, 5) is 24.2. The zero-order chi connectivity index (χ0) is 10.1. The summed E-state index contributed by atoms with van der Waals surface area (Å²) in [6.45, 7) is 1.72. The van der Waals surface area contributed by atoms with E-state index in [2.05, 4.69) is 0 Å². The third-order valence-corrected chi connectivity index (χ3v) is 2.68. The van der Waals surface area contributed by atoms with Crippen LogP contribution in [0.25, 0.3) is 0 Å². The van der Waals surface area contributed by atoms with Gasteiger partial charge >= 0.3 is 0 Å². The van der Waals surface area contributed by atoms with Gasteiger partial charge < -0.3 is 10.5 Å². The van der Waals surface area contributed by atoms with Gasteiger partial charge in [0.2, 0.25) is 11.8 Å². The van der Waals surface area contributed by atoms with Crippen LogP contribution >= 0.6 is 0 Å². The van der Waals surface area contributed by atoms with Crippen LogP contribution in [-0.2, 0) is 14.3 Å². The van der Waals surface area contributed by atoms with Crippen molar-refractivity contribution in [2.24, 2.45) is 17.6 Å². The minimum Gasteiger partial charge on any atom is -0.378 e. The van der Waals surface area contributed by atoms with Gasteiger partial charge in [-0.3, -0.25) is 14.5 Å². The van der Waals surface area contributed by atoms with E-state index in [1.165, 1.54) is 4.90 Å². The van der Waals surface area contributed by atoms with Crippen LogP contribution < -0.4 is 5.73 Å². The number of likely N-dealkylation sites (tertiary alicyclic amines) is 1. The summed E-state index contributed by atoms with van der Waals surface area (Å²) in [7, 11) is 0. The molecule has 1 heterocycles. The molecule has 2 atom stereocenters. The van der Waals surface area contributed by atoms with Gasteiger partial charge in [-0.05, 0) is 6.42 Å². The normalized spacial score (nSPS) is 29.6. The van der Waals surface area contributed by atoms with Gasteiger partial charge in [0.15, 0.2) is 0 Å². The van der Waals surface area contributed by atoms with Gasteiger partial charge in [0.1, 0.15) is 0 Å². The van der Waals surface area contributed by atoms with E-state index in [4.69, 9.17) is 10.5 Å². The van der Waals surface area contributed by atoms with Crippen LogP contribution in [0.15, 0.2) is 0 Å². The van der Waals surface area contributed by atoms with Gasteiger partial charge in [0.25, 0.3) is 0 Å². The monoisotopic (exact) mass is 198 g/mol. The second-order valence-corrected chi connectivity index (χ2v) is 3.68. The highest BCUT2D eigenvalue weighted by Crippen LogP contribution is 2.46. The topological polar surface area (TPSA) is 72.6 Å². The molecule has 0 aromatic rings. The molecule has 2 rings (SSSR count). The average molecular weight is 198 g/mol. The highest BCUT2D eigenvalue weighted by atomic mass is 16.5. The number of hydrogen-bond donors (Lipinski definition) is 1. The molecule has 2 fully saturated rings. The molecular formula is C9H14N2O3. The molecule has 2 unspecified atom stereocenters. The lowest BCUT2D eigenvalue weighted by Crippen LogP contribution is -2.36. The lowest BCUT2D eigenvalue weighted by molar-refractivity contribution is -0.142. The van der Waals surface area contributed by atoms with Crippen molar-refractivity contribution in [2.75, 3.05) is 26.3 Å². The van der Waals surface area contributed by atoms with E-state index in [1.54, 1.807) is 0 Å². The van der Waals surface area contributed by atoms with Crippen molar-refractivity contribution in [3.05, 3.63) is 0 Å². The Balaban J connectivity index is 1.76. The Kier molecular flexibility index (Phi) is 2.52. The van der Waals surface area contributed by atoms with Crippen molar-refractivity contribution < 1.29 is 14.3 Å². The zero-order valence-corrected chi connectivity index (χ0v) is 7.94. The van der Waals surface area contributed by atoms with E-state index in [-0.39, 0.29) is 23.7 Å². The summed E-state index contributed by atoms with van der Waals surface area (Å²) >= 11 is 0. The first kappa shape index (κ1) is 9.61. The second-order valence-electron chi connectivity index (χ2n) is 3.68. The van der Waals surface area contributed by atoms with Crippen molar-refractivity contribution in [1.82, 2.24) is 4.90 Å². The summed E-state index contributed by atoms with van der Waals surface area (Å²) in [5.41, 5.74) is 5.23. The molecule has 2 amide bonds. The standard InChI is InChI=1S/C9H14N2O3/c10-1-3-14-4-2-11-8(12)6-5-7(6)9(11)13/h6-7H,1-5,10H2. The van der Waals surface area contributed by atoms with Gasteiger partial charge in [-0.1, -0.05) is 0 Å². The van der Waals surface area contributed by atoms with Crippen LogP contribution in [0.4, 0.5) is 0 Å². The Labute approximate surface area is 82.2 Å². The molecule has 5 heteroatoms. The van der Waals surface area contributed by atoms with E-state index in [1.807, 2.05) is 0 Å². The van der Waals surface area contributed by atoms with Crippen molar-refractivity contribution >= 4 is 11.8 Å². The predicted molar refractivity (Wildman–Crippen MR) is 48.2 cm³/mol. The Morgan fingerprint density at radius 3 is 2.50 bits per heavy atom. The van der Waals surface area contributed by atoms with Gasteiger partial charge in [-0.2, -0.15) is 0 Å². The third kappa shape index (κ3) is 1.53. The first-order chi connectivity index (χ1) is 6.75. The summed E-state index contributed by atoms with van der Waals surface area (Å²) in [5.74, 6) is -0.0401. The van der Waals surface area contributed by atoms with Crippen molar-refractivity contribution in [3.63, 3.8) is 0 Å². The number of rotatable bonds is 5. The molecule has 0 radical (unpaired) electrons. The number of hydrogen-bond acceptors (Lipinski definition) is 4.